The first-order chi connectivity index (χ1) is 12.1. The maximum atomic E-state index is 10.8. The lowest BCUT2D eigenvalue weighted by Crippen LogP contribution is -2.06. The number of rotatable bonds is 6. The molecule has 0 bridgehead atoms. The SMILES string of the molecule is COc1ccc(-c2cnc(NCc3cccc([N+](=O)[O-])c3)n2C)cc1. The quantitative estimate of drug-likeness (QED) is 0.548. The van der Waals surface area contributed by atoms with Gasteiger partial charge in [0, 0.05) is 31.3 Å². The smallest absolute Gasteiger partial charge is 0.269 e. The summed E-state index contributed by atoms with van der Waals surface area (Å²) >= 11 is 0. The van der Waals surface area contributed by atoms with Gasteiger partial charge in [0.25, 0.3) is 5.69 Å². The molecule has 1 heterocycles. The van der Waals surface area contributed by atoms with Gasteiger partial charge in [-0.1, -0.05) is 12.1 Å². The average molecular weight is 338 g/mol. The molecular weight excluding hydrogens is 320 g/mol. The number of imidazole rings is 1. The van der Waals surface area contributed by atoms with Crippen molar-refractivity contribution in [3.63, 3.8) is 0 Å². The Bertz CT molecular complexity index is 888. The van der Waals surface area contributed by atoms with Crippen LogP contribution in [0.2, 0.25) is 0 Å². The third-order valence-electron chi connectivity index (χ3n) is 3.95. The highest BCUT2D eigenvalue weighted by Gasteiger charge is 2.10. The number of hydrogen-bond acceptors (Lipinski definition) is 5. The molecule has 0 aliphatic rings. The highest BCUT2D eigenvalue weighted by Crippen LogP contribution is 2.24. The largest absolute Gasteiger partial charge is 0.497 e. The minimum absolute atomic E-state index is 0.0815. The van der Waals surface area contributed by atoms with Crippen molar-refractivity contribution in [3.05, 3.63) is 70.4 Å². The zero-order chi connectivity index (χ0) is 17.8. The summed E-state index contributed by atoms with van der Waals surface area (Å²) in [5.74, 6) is 1.49. The van der Waals surface area contributed by atoms with Gasteiger partial charge in [-0.2, -0.15) is 0 Å². The van der Waals surface area contributed by atoms with E-state index in [-0.39, 0.29) is 5.69 Å². The lowest BCUT2D eigenvalue weighted by Gasteiger charge is -2.09. The van der Waals surface area contributed by atoms with Crippen LogP contribution < -0.4 is 10.1 Å². The first kappa shape index (κ1) is 16.5. The minimum Gasteiger partial charge on any atom is -0.497 e. The molecule has 0 aliphatic carbocycles. The summed E-state index contributed by atoms with van der Waals surface area (Å²) in [5.41, 5.74) is 2.89. The van der Waals surface area contributed by atoms with Crippen LogP contribution in [0, 0.1) is 10.1 Å². The molecule has 0 saturated heterocycles. The van der Waals surface area contributed by atoms with Gasteiger partial charge in [-0.25, -0.2) is 4.98 Å². The maximum Gasteiger partial charge on any atom is 0.269 e. The Morgan fingerprint density at radius 2 is 2.00 bits per heavy atom. The molecule has 0 spiro atoms. The predicted octanol–water partition coefficient (Wildman–Crippen LogP) is 3.62. The normalized spacial score (nSPS) is 10.5. The number of nitro benzene ring substituents is 1. The Kier molecular flexibility index (Phi) is 4.65. The van der Waals surface area contributed by atoms with Crippen LogP contribution in [-0.2, 0) is 13.6 Å². The van der Waals surface area contributed by atoms with E-state index < -0.39 is 4.92 Å². The average Bonchev–Trinajstić information content (AvgIpc) is 3.01. The molecule has 1 N–H and O–H groups in total. The predicted molar refractivity (Wildman–Crippen MR) is 95.6 cm³/mol. The minimum atomic E-state index is -0.397. The zero-order valence-electron chi connectivity index (χ0n) is 14.0. The van der Waals surface area contributed by atoms with Crippen LogP contribution in [0.3, 0.4) is 0 Å². The lowest BCUT2D eigenvalue weighted by molar-refractivity contribution is -0.384. The van der Waals surface area contributed by atoms with Crippen molar-refractivity contribution < 1.29 is 9.66 Å². The molecule has 128 valence electrons. The molecule has 3 aromatic rings. The van der Waals surface area contributed by atoms with Crippen molar-refractivity contribution >= 4 is 11.6 Å². The fraction of sp³-hybridized carbons (Fsp3) is 0.167. The summed E-state index contributed by atoms with van der Waals surface area (Å²) in [6.45, 7) is 0.453. The number of benzene rings is 2. The Balaban J connectivity index is 1.75. The van der Waals surface area contributed by atoms with Crippen molar-refractivity contribution in [2.75, 3.05) is 12.4 Å². The molecule has 25 heavy (non-hydrogen) atoms. The topological polar surface area (TPSA) is 82.2 Å². The van der Waals surface area contributed by atoms with Gasteiger partial charge in [-0.3, -0.25) is 10.1 Å². The van der Waals surface area contributed by atoms with Crippen molar-refractivity contribution in [2.45, 2.75) is 6.54 Å². The van der Waals surface area contributed by atoms with Crippen LogP contribution in [0.1, 0.15) is 5.56 Å². The van der Waals surface area contributed by atoms with Gasteiger partial charge in [0.1, 0.15) is 5.75 Å². The van der Waals surface area contributed by atoms with Crippen LogP contribution in [-0.4, -0.2) is 21.6 Å². The third-order valence-corrected chi connectivity index (χ3v) is 3.95. The van der Waals surface area contributed by atoms with Crippen LogP contribution >= 0.6 is 0 Å². The number of methoxy groups -OCH3 is 1. The highest BCUT2D eigenvalue weighted by molar-refractivity contribution is 5.62. The second kappa shape index (κ2) is 7.04. The van der Waals surface area contributed by atoms with Crippen molar-refractivity contribution in [3.8, 4) is 17.0 Å². The number of nitrogens with zero attached hydrogens (tertiary/aromatic N) is 3. The van der Waals surface area contributed by atoms with Gasteiger partial charge in [-0.05, 0) is 29.8 Å². The molecule has 0 amide bonds. The van der Waals surface area contributed by atoms with E-state index in [0.29, 0.717) is 12.5 Å². The van der Waals surface area contributed by atoms with E-state index in [9.17, 15) is 10.1 Å². The van der Waals surface area contributed by atoms with Crippen LogP contribution in [0.4, 0.5) is 11.6 Å². The second-order valence-corrected chi connectivity index (χ2v) is 5.54. The first-order valence-electron chi connectivity index (χ1n) is 7.72. The Labute approximate surface area is 145 Å². The fourth-order valence-corrected chi connectivity index (χ4v) is 2.56. The molecule has 0 atom stereocenters. The molecule has 0 radical (unpaired) electrons. The molecule has 2 aromatic carbocycles. The molecule has 3 rings (SSSR count). The van der Waals surface area contributed by atoms with E-state index >= 15 is 0 Å². The second-order valence-electron chi connectivity index (χ2n) is 5.54. The lowest BCUT2D eigenvalue weighted by atomic mass is 10.1. The van der Waals surface area contributed by atoms with Gasteiger partial charge >= 0.3 is 0 Å². The monoisotopic (exact) mass is 338 g/mol. The molecule has 7 heteroatoms. The number of aromatic nitrogens is 2. The molecule has 0 aliphatic heterocycles. The van der Waals surface area contributed by atoms with E-state index in [4.69, 9.17) is 4.74 Å². The standard InChI is InChI=1S/C18H18N4O3/c1-21-17(14-6-8-16(25-2)9-7-14)12-20-18(21)19-11-13-4-3-5-15(10-13)22(23)24/h3-10,12H,11H2,1-2H3,(H,19,20). The number of nitrogens with one attached hydrogen (secondary N) is 1. The van der Waals surface area contributed by atoms with E-state index in [1.165, 1.54) is 6.07 Å². The molecule has 7 nitrogen and oxygen atoms in total. The Morgan fingerprint density at radius 1 is 1.24 bits per heavy atom. The number of hydrogen-bond donors (Lipinski definition) is 1. The Morgan fingerprint density at radius 3 is 2.68 bits per heavy atom. The van der Waals surface area contributed by atoms with Gasteiger partial charge < -0.3 is 14.6 Å². The summed E-state index contributed by atoms with van der Waals surface area (Å²) in [6, 6.07) is 14.3. The van der Waals surface area contributed by atoms with Crippen molar-refractivity contribution in [2.24, 2.45) is 7.05 Å². The van der Waals surface area contributed by atoms with Crippen molar-refractivity contribution in [1.82, 2.24) is 9.55 Å². The number of non-ortho nitro benzene ring substituents is 1. The number of nitro groups is 1. The molecule has 0 unspecified atom stereocenters. The highest BCUT2D eigenvalue weighted by atomic mass is 16.6. The zero-order valence-corrected chi connectivity index (χ0v) is 14.0. The molecule has 0 fully saturated rings. The summed E-state index contributed by atoms with van der Waals surface area (Å²) in [4.78, 5) is 14.8. The summed E-state index contributed by atoms with van der Waals surface area (Å²) in [7, 11) is 3.55. The molecular formula is C18H18N4O3. The molecule has 1 aromatic heterocycles. The van der Waals surface area contributed by atoms with E-state index in [1.54, 1.807) is 25.4 Å². The van der Waals surface area contributed by atoms with Crippen molar-refractivity contribution in [1.29, 1.82) is 0 Å². The van der Waals surface area contributed by atoms with E-state index in [0.717, 1.165) is 22.6 Å². The number of anilines is 1. The Hall–Kier alpha value is -3.35. The first-order valence-corrected chi connectivity index (χ1v) is 7.72. The van der Waals surface area contributed by atoms with Gasteiger partial charge in [-0.15, -0.1) is 0 Å². The summed E-state index contributed by atoms with van der Waals surface area (Å²) in [5, 5.41) is 14.1. The van der Waals surface area contributed by atoms with E-state index in [1.807, 2.05) is 41.9 Å². The summed E-state index contributed by atoms with van der Waals surface area (Å²) in [6.07, 6.45) is 1.79. The fourth-order valence-electron chi connectivity index (χ4n) is 2.56. The van der Waals surface area contributed by atoms with Crippen LogP contribution in [0.25, 0.3) is 11.3 Å². The van der Waals surface area contributed by atoms with E-state index in [2.05, 4.69) is 10.3 Å². The molecule has 0 saturated carbocycles. The van der Waals surface area contributed by atoms with Crippen LogP contribution in [0.15, 0.2) is 54.7 Å². The van der Waals surface area contributed by atoms with Gasteiger partial charge in [0.2, 0.25) is 5.95 Å². The maximum absolute atomic E-state index is 10.8. The number of ether oxygens (including phenoxy) is 1. The third kappa shape index (κ3) is 3.60. The van der Waals surface area contributed by atoms with Gasteiger partial charge in [0.15, 0.2) is 0 Å². The summed E-state index contributed by atoms with van der Waals surface area (Å²) < 4.78 is 7.12. The van der Waals surface area contributed by atoms with Crippen LogP contribution in [0.5, 0.6) is 5.75 Å². The van der Waals surface area contributed by atoms with Gasteiger partial charge in [0.05, 0.1) is 23.9 Å².